The van der Waals surface area contributed by atoms with Crippen molar-refractivity contribution in [2.75, 3.05) is 166 Å². The third-order valence-corrected chi connectivity index (χ3v) is 23.2. The van der Waals surface area contributed by atoms with Crippen molar-refractivity contribution >= 4 is 75.8 Å². The molecule has 2 unspecified atom stereocenters. The van der Waals surface area contributed by atoms with Crippen molar-refractivity contribution in [1.29, 1.82) is 5.41 Å². The third-order valence-electron chi connectivity index (χ3n) is 22.3. The second kappa shape index (κ2) is 67.0. The predicted octanol–water partition coefficient (Wildman–Crippen LogP) is 10.6. The Morgan fingerprint density at radius 3 is 1.70 bits per heavy atom. The van der Waals surface area contributed by atoms with Crippen LogP contribution in [0.5, 0.6) is 0 Å². The van der Waals surface area contributed by atoms with Crippen molar-refractivity contribution in [3.8, 4) is 0 Å². The molecule has 710 valence electrons. The average Bonchev–Trinajstić information content (AvgIpc) is 1.76. The molecule has 0 radical (unpaired) electrons. The van der Waals surface area contributed by atoms with Crippen molar-refractivity contribution in [1.82, 2.24) is 41.1 Å². The maximum Gasteiger partial charge on any atom is 0.407 e. The van der Waals surface area contributed by atoms with E-state index in [9.17, 15) is 43.2 Å². The van der Waals surface area contributed by atoms with E-state index in [1.165, 1.54) is 18.9 Å². The molecule has 2 aromatic carbocycles. The molecule has 0 saturated carbocycles. The summed E-state index contributed by atoms with van der Waals surface area (Å²) in [5.74, 6) is -2.30. The normalized spacial score (nSPS) is 15.3. The van der Waals surface area contributed by atoms with Gasteiger partial charge in [0, 0.05) is 128 Å². The molecule has 33 heteroatoms. The minimum Gasteiger partial charge on any atom is -0.445 e. The van der Waals surface area contributed by atoms with Crippen LogP contribution in [0.3, 0.4) is 0 Å². The molecule has 9 N–H and O–H groups in total. The quantitative estimate of drug-likeness (QED) is 0.0113. The van der Waals surface area contributed by atoms with E-state index in [0.29, 0.717) is 167 Å². The lowest BCUT2D eigenvalue weighted by molar-refractivity contribution is -0.146. The van der Waals surface area contributed by atoms with Crippen molar-refractivity contribution < 1.29 is 100 Å². The van der Waals surface area contributed by atoms with Gasteiger partial charge in [-0.3, -0.25) is 43.8 Å². The van der Waals surface area contributed by atoms with Crippen LogP contribution in [-0.2, 0) is 103 Å². The van der Waals surface area contributed by atoms with Gasteiger partial charge in [-0.2, -0.15) is 0 Å². The molecule has 0 aliphatic carbocycles. The van der Waals surface area contributed by atoms with Gasteiger partial charge in [0.1, 0.15) is 30.3 Å². The topological polar surface area (TPSA) is 408 Å². The SMILES string of the molecule is CCC(C)[C@@H]([C@@H](CC(C)=O)OC)N(C)C(=O)[C@@H](CC(=O)[C@H](C(C)C)N(C)C(=N)CCCOCCOCCOCCOCCOCCOCCOCCOCCNC(=O)OCc1ccc(NC(=O)C(CCCCC(N)=O)NC(=O)[C@@H](NC(=O)CCCCCCNO)C(C)C)cc1)C(C)C.CO[C@H]([C@@H](C)C(=O)C[C@@H](Cc1ccccc1)c1nccs1)[C@@H]1CCCN1C. The van der Waals surface area contributed by atoms with Gasteiger partial charge in [-0.25, -0.2) is 15.3 Å². The number of benzene rings is 2. The second-order valence-corrected chi connectivity index (χ2v) is 34.1. The summed E-state index contributed by atoms with van der Waals surface area (Å²) >= 11 is 1.64. The molecule has 1 fully saturated rings. The number of alkyl carbamates (subject to hydrolysis) is 1. The van der Waals surface area contributed by atoms with Crippen molar-refractivity contribution in [2.45, 2.75) is 240 Å². The minimum absolute atomic E-state index is 0.0125. The summed E-state index contributed by atoms with van der Waals surface area (Å²) in [5, 5.41) is 31.6. The molecular weight excluding hydrogens is 1630 g/mol. The number of likely N-dealkylation sites (tertiary alicyclic amines) is 1. The van der Waals surface area contributed by atoms with Crippen LogP contribution in [-0.4, -0.2) is 287 Å². The lowest BCUT2D eigenvalue weighted by Gasteiger charge is -2.40. The Morgan fingerprint density at radius 2 is 1.20 bits per heavy atom. The van der Waals surface area contributed by atoms with Crippen LogP contribution >= 0.6 is 11.3 Å². The molecule has 0 spiro atoms. The number of Topliss-reactive ketones (excluding diaryl/α,β-unsaturated/α-hetero) is 3. The maximum atomic E-state index is 14.1. The summed E-state index contributed by atoms with van der Waals surface area (Å²) in [5.41, 5.74) is 9.76. The summed E-state index contributed by atoms with van der Waals surface area (Å²) in [7, 11) is 8.96. The van der Waals surface area contributed by atoms with Crippen LogP contribution in [0.2, 0.25) is 0 Å². The molecular formula is C92H155N11O21S. The van der Waals surface area contributed by atoms with Crippen LogP contribution in [0.25, 0.3) is 0 Å². The predicted molar refractivity (Wildman–Crippen MR) is 483 cm³/mol. The van der Waals surface area contributed by atoms with E-state index < -0.39 is 54.0 Å². The number of thiazole rings is 1. The number of carbonyl (C=O) groups is 9. The lowest BCUT2D eigenvalue weighted by Crippen LogP contribution is -2.54. The third kappa shape index (κ3) is 47.0. The second-order valence-electron chi connectivity index (χ2n) is 33.2. The van der Waals surface area contributed by atoms with Gasteiger partial charge in [-0.1, -0.05) is 130 Å². The van der Waals surface area contributed by atoms with Crippen LogP contribution < -0.4 is 32.5 Å². The van der Waals surface area contributed by atoms with Crippen molar-refractivity contribution in [3.05, 3.63) is 82.3 Å². The molecule has 0 bridgehead atoms. The number of unbranched alkanes of at least 4 members (excludes halogenated alkanes) is 4. The molecule has 1 aliphatic heterocycles. The first-order valence-corrected chi connectivity index (χ1v) is 45.9. The molecule has 4 rings (SSSR count). The number of amides is 6. The molecule has 1 aliphatic rings. The highest BCUT2D eigenvalue weighted by atomic mass is 32.1. The van der Waals surface area contributed by atoms with E-state index in [2.05, 4.69) is 74.9 Å². The number of aromatic nitrogens is 1. The molecule has 125 heavy (non-hydrogen) atoms. The van der Waals surface area contributed by atoms with Gasteiger partial charge >= 0.3 is 6.09 Å². The number of amidine groups is 1. The number of methoxy groups -OCH3 is 2. The van der Waals surface area contributed by atoms with Gasteiger partial charge in [0.2, 0.25) is 29.5 Å². The van der Waals surface area contributed by atoms with E-state index in [1.807, 2.05) is 59.2 Å². The Balaban J connectivity index is 0.00000125. The summed E-state index contributed by atoms with van der Waals surface area (Å²) in [6.45, 7) is 27.0. The number of ketones is 3. The Morgan fingerprint density at radius 1 is 0.624 bits per heavy atom. The number of carbonyl (C=O) groups excluding carboxylic acids is 9. The first-order chi connectivity index (χ1) is 60.0. The number of likely N-dealkylation sites (N-methyl/N-ethyl adjacent to an activating group) is 3. The number of nitrogens with one attached hydrogen (secondary N) is 6. The maximum absolute atomic E-state index is 14.1. The van der Waals surface area contributed by atoms with Gasteiger partial charge in [-0.15, -0.1) is 11.3 Å². The Bertz CT molecular complexity index is 3460. The molecule has 1 aromatic heterocycles. The molecule has 11 atom stereocenters. The monoisotopic (exact) mass is 1780 g/mol. The van der Waals surface area contributed by atoms with Crippen molar-refractivity contribution in [3.63, 3.8) is 0 Å². The van der Waals surface area contributed by atoms with Crippen LogP contribution in [0.4, 0.5) is 10.5 Å². The highest BCUT2D eigenvalue weighted by Gasteiger charge is 2.41. The van der Waals surface area contributed by atoms with Gasteiger partial charge in [0.25, 0.3) is 0 Å². The molecule has 2 heterocycles. The molecule has 1 saturated heterocycles. The Labute approximate surface area is 748 Å². The van der Waals surface area contributed by atoms with Crippen LogP contribution in [0.1, 0.15) is 200 Å². The standard InChI is InChI=1S/C70H125N9O19.C22H30N2O2S/c1-13-53(8)66(60(89-12)47-54(9)80)79(11)69(86)57(50(2)3)48-59(81)65(52(6)7)78(10)61(71)22-20-31-90-33-35-92-37-39-94-41-43-96-45-46-97-44-42-95-40-38-93-36-34-91-32-30-73-70(87)98-49-55-25-27-56(28-26-55)75-67(84)58(21-17-18-23-62(72)82)76-68(85)64(51(4)5)77-63(83)24-16-14-15-19-29-74-88;1-16(21(26-3)19-10-7-12-24(19)2)20(25)15-18(22-23-11-13-27-22)14-17-8-5-4-6-9-17/h25-28,50-53,57-58,60,64-66,71,74,88H,13-24,29-49H2,1-12H3,(H2,72,82)(H,73,87)(H,75,84)(H,76,85)(H,77,83);4-6,8-9,11,13,16,18-19,21H,7,10,12,14-15H2,1-3H3/t53?,57-,58?,60+,64-,65-,66-;16-,18+,19-,21+/m00/s1. The first kappa shape index (κ1) is 112. The molecule has 32 nitrogen and oxygen atoms in total. The van der Waals surface area contributed by atoms with Crippen LogP contribution in [0, 0.1) is 40.9 Å². The number of nitrogens with two attached hydrogens (primary N) is 1. The van der Waals surface area contributed by atoms with E-state index in [1.54, 1.807) is 87.6 Å². The van der Waals surface area contributed by atoms with Gasteiger partial charge in [0.05, 0.1) is 134 Å². The number of hydrogen-bond donors (Lipinski definition) is 8. The summed E-state index contributed by atoms with van der Waals surface area (Å²) in [6.07, 6.45) is 10.9. The zero-order valence-corrected chi connectivity index (χ0v) is 78.5. The number of nitrogens with zero attached hydrogens (tertiary/aromatic N) is 4. The number of anilines is 1. The fourth-order valence-corrected chi connectivity index (χ4v) is 15.7. The lowest BCUT2D eigenvalue weighted by atomic mass is 9.83. The number of primary amides is 1. The average molecular weight is 1780 g/mol. The summed E-state index contributed by atoms with van der Waals surface area (Å²) < 4.78 is 61.5. The first-order valence-electron chi connectivity index (χ1n) is 45.0. The Kier molecular flexibility index (Phi) is 59.9. The van der Waals surface area contributed by atoms with Gasteiger partial charge < -0.3 is 99.0 Å². The van der Waals surface area contributed by atoms with Gasteiger partial charge in [-0.05, 0) is 119 Å². The van der Waals surface area contributed by atoms with Crippen molar-refractivity contribution in [2.24, 2.45) is 41.2 Å². The van der Waals surface area contributed by atoms with E-state index in [-0.39, 0.29) is 129 Å². The molecule has 3 aromatic rings. The number of ether oxygens (including phenoxy) is 11. The molecule has 6 amide bonds. The van der Waals surface area contributed by atoms with E-state index in [0.717, 1.165) is 50.1 Å². The number of hydrogen-bond acceptors (Lipinski definition) is 26. The van der Waals surface area contributed by atoms with Crippen LogP contribution in [0.15, 0.2) is 66.2 Å². The highest BCUT2D eigenvalue weighted by Crippen LogP contribution is 2.33. The summed E-state index contributed by atoms with van der Waals surface area (Å²) in [6, 6.07) is 14.6. The smallest absolute Gasteiger partial charge is 0.407 e. The largest absolute Gasteiger partial charge is 0.445 e. The van der Waals surface area contributed by atoms with E-state index in [4.69, 9.17) is 68.5 Å². The zero-order chi connectivity index (χ0) is 92.3. The number of rotatable bonds is 71. The van der Waals surface area contributed by atoms with E-state index >= 15 is 0 Å². The fraction of sp³-hybridized carbons (Fsp3) is 0.728. The van der Waals surface area contributed by atoms with Gasteiger partial charge in [0.15, 0.2) is 5.78 Å². The Hall–Kier alpha value is -7.35. The summed E-state index contributed by atoms with van der Waals surface area (Å²) in [4.78, 5) is 127. The zero-order valence-electron chi connectivity index (χ0n) is 77.7. The fourth-order valence-electron chi connectivity index (χ4n) is 15.0. The minimum atomic E-state index is -0.968. The highest BCUT2D eigenvalue weighted by molar-refractivity contribution is 7.09. The number of hydroxylamine groups is 1.